The van der Waals surface area contributed by atoms with E-state index in [1.54, 1.807) is 29.2 Å². The third-order valence-electron chi connectivity index (χ3n) is 3.03. The Morgan fingerprint density at radius 1 is 1.35 bits per heavy atom. The number of anilines is 1. The molecular formula is C13H15ClN2O4. The molecule has 6 nitrogen and oxygen atoms in total. The van der Waals surface area contributed by atoms with Crippen LogP contribution in [0.15, 0.2) is 24.3 Å². The van der Waals surface area contributed by atoms with Crippen molar-refractivity contribution < 1.29 is 19.4 Å². The van der Waals surface area contributed by atoms with Crippen molar-refractivity contribution in [3.63, 3.8) is 0 Å². The van der Waals surface area contributed by atoms with Crippen LogP contribution >= 0.6 is 11.6 Å². The molecule has 2 N–H and O–H groups in total. The summed E-state index contributed by atoms with van der Waals surface area (Å²) in [5, 5.41) is 11.9. The first-order valence-electron chi connectivity index (χ1n) is 6.25. The summed E-state index contributed by atoms with van der Waals surface area (Å²) in [5.74, 6) is 0. The minimum atomic E-state index is -1.31. The average Bonchev–Trinajstić information content (AvgIpc) is 2.41. The lowest BCUT2D eigenvalue weighted by molar-refractivity contribution is 0.0226. The standard InChI is InChI=1S/C13H15ClN2O4/c14-9-3-5-10(6-4-9)15-12(17)16-7-1-2-11(8-16)20-13(18)19/h3-6,11H,1-2,7-8H2,(H,15,17)(H,18,19). The van der Waals surface area contributed by atoms with Gasteiger partial charge in [-0.2, -0.15) is 0 Å². The first kappa shape index (κ1) is 14.5. The summed E-state index contributed by atoms with van der Waals surface area (Å²) in [7, 11) is 0. The lowest BCUT2D eigenvalue weighted by atomic mass is 10.1. The number of nitrogens with one attached hydrogen (secondary N) is 1. The highest BCUT2D eigenvalue weighted by Gasteiger charge is 2.26. The molecule has 1 saturated heterocycles. The highest BCUT2D eigenvalue weighted by Crippen LogP contribution is 2.17. The molecular weight excluding hydrogens is 284 g/mol. The van der Waals surface area contributed by atoms with Crippen LogP contribution in [0, 0.1) is 0 Å². The summed E-state index contributed by atoms with van der Waals surface area (Å²) in [6.45, 7) is 0.852. The fourth-order valence-electron chi connectivity index (χ4n) is 2.10. The van der Waals surface area contributed by atoms with Crippen LogP contribution in [0.2, 0.25) is 5.02 Å². The van der Waals surface area contributed by atoms with Crippen LogP contribution in [-0.4, -0.2) is 41.4 Å². The molecule has 1 atom stereocenters. The molecule has 1 aliphatic rings. The first-order valence-corrected chi connectivity index (χ1v) is 6.63. The second-order valence-electron chi connectivity index (χ2n) is 4.53. The fourth-order valence-corrected chi connectivity index (χ4v) is 2.22. The summed E-state index contributed by atoms with van der Waals surface area (Å²) in [6.07, 6.45) is -0.421. The molecule has 0 bridgehead atoms. The van der Waals surface area contributed by atoms with E-state index in [1.165, 1.54) is 0 Å². The van der Waals surface area contributed by atoms with Crippen molar-refractivity contribution >= 4 is 29.5 Å². The van der Waals surface area contributed by atoms with Crippen LogP contribution in [0.5, 0.6) is 0 Å². The van der Waals surface area contributed by atoms with Gasteiger partial charge in [-0.05, 0) is 37.1 Å². The molecule has 2 amide bonds. The number of benzene rings is 1. The summed E-state index contributed by atoms with van der Waals surface area (Å²) >= 11 is 5.77. The van der Waals surface area contributed by atoms with Crippen molar-refractivity contribution in [2.45, 2.75) is 18.9 Å². The second kappa shape index (κ2) is 6.47. The Morgan fingerprint density at radius 3 is 2.70 bits per heavy atom. The third kappa shape index (κ3) is 4.03. The van der Waals surface area contributed by atoms with Crippen LogP contribution < -0.4 is 5.32 Å². The highest BCUT2D eigenvalue weighted by molar-refractivity contribution is 6.30. The number of carboxylic acid groups (broad SMARTS) is 1. The van der Waals surface area contributed by atoms with E-state index in [-0.39, 0.29) is 12.6 Å². The number of halogens is 1. The number of piperidine rings is 1. The van der Waals surface area contributed by atoms with E-state index in [2.05, 4.69) is 5.32 Å². The Kier molecular flexibility index (Phi) is 4.68. The van der Waals surface area contributed by atoms with Crippen molar-refractivity contribution in [3.8, 4) is 0 Å². The van der Waals surface area contributed by atoms with Gasteiger partial charge >= 0.3 is 12.2 Å². The molecule has 1 heterocycles. The normalized spacial score (nSPS) is 18.4. The number of ether oxygens (including phenoxy) is 1. The molecule has 0 radical (unpaired) electrons. The number of rotatable bonds is 2. The van der Waals surface area contributed by atoms with Crippen molar-refractivity contribution in [1.29, 1.82) is 0 Å². The Morgan fingerprint density at radius 2 is 2.05 bits per heavy atom. The SMILES string of the molecule is O=C(O)OC1CCCN(C(=O)Nc2ccc(Cl)cc2)C1. The van der Waals surface area contributed by atoms with E-state index in [1.807, 2.05) is 0 Å². The lowest BCUT2D eigenvalue weighted by Crippen LogP contribution is -2.45. The quantitative estimate of drug-likeness (QED) is 0.823. The van der Waals surface area contributed by atoms with Crippen molar-refractivity contribution in [1.82, 2.24) is 4.90 Å². The summed E-state index contributed by atoms with van der Waals surface area (Å²) < 4.78 is 4.72. The molecule has 1 aromatic rings. The van der Waals surface area contributed by atoms with E-state index in [4.69, 9.17) is 21.4 Å². The molecule has 1 aliphatic heterocycles. The van der Waals surface area contributed by atoms with Gasteiger partial charge in [-0.25, -0.2) is 9.59 Å². The van der Waals surface area contributed by atoms with E-state index < -0.39 is 12.3 Å². The molecule has 2 rings (SSSR count). The first-order chi connectivity index (χ1) is 9.54. The van der Waals surface area contributed by atoms with Gasteiger partial charge in [0.25, 0.3) is 0 Å². The van der Waals surface area contributed by atoms with Crippen LogP contribution in [0.3, 0.4) is 0 Å². The van der Waals surface area contributed by atoms with E-state index in [9.17, 15) is 9.59 Å². The molecule has 1 aromatic carbocycles. The Hall–Kier alpha value is -1.95. The predicted molar refractivity (Wildman–Crippen MR) is 74.2 cm³/mol. The van der Waals surface area contributed by atoms with Gasteiger partial charge in [0, 0.05) is 17.3 Å². The predicted octanol–water partition coefficient (Wildman–Crippen LogP) is 3.03. The number of likely N-dealkylation sites (tertiary alicyclic amines) is 1. The van der Waals surface area contributed by atoms with E-state index in [0.717, 1.165) is 0 Å². The van der Waals surface area contributed by atoms with Crippen LogP contribution in [0.1, 0.15) is 12.8 Å². The summed E-state index contributed by atoms with van der Waals surface area (Å²) in [6, 6.07) is 6.50. The topological polar surface area (TPSA) is 78.9 Å². The molecule has 1 unspecified atom stereocenters. The van der Waals surface area contributed by atoms with Gasteiger partial charge in [0.15, 0.2) is 0 Å². The van der Waals surface area contributed by atoms with Gasteiger partial charge in [0.2, 0.25) is 0 Å². The third-order valence-corrected chi connectivity index (χ3v) is 3.28. The molecule has 1 fully saturated rings. The number of carbonyl (C=O) groups is 2. The van der Waals surface area contributed by atoms with Crippen LogP contribution in [0.25, 0.3) is 0 Å². The van der Waals surface area contributed by atoms with Crippen molar-refractivity contribution in [2.24, 2.45) is 0 Å². The number of carbonyl (C=O) groups excluding carboxylic acids is 1. The van der Waals surface area contributed by atoms with Crippen LogP contribution in [-0.2, 0) is 4.74 Å². The van der Waals surface area contributed by atoms with Gasteiger partial charge in [0.05, 0.1) is 6.54 Å². The maximum atomic E-state index is 12.1. The maximum Gasteiger partial charge on any atom is 0.506 e. The fraction of sp³-hybridized carbons (Fsp3) is 0.385. The van der Waals surface area contributed by atoms with Gasteiger partial charge in [0.1, 0.15) is 6.10 Å². The molecule has 108 valence electrons. The van der Waals surface area contributed by atoms with Gasteiger partial charge in [-0.15, -0.1) is 0 Å². The summed E-state index contributed by atoms with van der Waals surface area (Å²) in [4.78, 5) is 24.1. The van der Waals surface area contributed by atoms with Crippen molar-refractivity contribution in [2.75, 3.05) is 18.4 Å². The smallest absolute Gasteiger partial charge is 0.450 e. The molecule has 0 spiro atoms. The second-order valence-corrected chi connectivity index (χ2v) is 4.97. The van der Waals surface area contributed by atoms with E-state index >= 15 is 0 Å². The molecule has 0 aromatic heterocycles. The zero-order valence-electron chi connectivity index (χ0n) is 10.7. The molecule has 0 aliphatic carbocycles. The van der Waals surface area contributed by atoms with Crippen molar-refractivity contribution in [3.05, 3.63) is 29.3 Å². The Bertz CT molecular complexity index is 492. The number of hydrogen-bond acceptors (Lipinski definition) is 3. The zero-order valence-corrected chi connectivity index (χ0v) is 11.5. The summed E-state index contributed by atoms with van der Waals surface area (Å²) in [5.41, 5.74) is 0.640. The molecule has 7 heteroatoms. The number of nitrogens with zero attached hydrogens (tertiary/aromatic N) is 1. The minimum Gasteiger partial charge on any atom is -0.450 e. The van der Waals surface area contributed by atoms with Gasteiger partial charge in [-0.3, -0.25) is 0 Å². The van der Waals surface area contributed by atoms with Crippen LogP contribution in [0.4, 0.5) is 15.3 Å². The number of hydrogen-bond donors (Lipinski definition) is 2. The zero-order chi connectivity index (χ0) is 14.5. The Labute approximate surface area is 121 Å². The lowest BCUT2D eigenvalue weighted by Gasteiger charge is -2.31. The van der Waals surface area contributed by atoms with Gasteiger partial charge < -0.3 is 20.1 Å². The minimum absolute atomic E-state index is 0.270. The highest BCUT2D eigenvalue weighted by atomic mass is 35.5. The van der Waals surface area contributed by atoms with Gasteiger partial charge in [-0.1, -0.05) is 11.6 Å². The van der Waals surface area contributed by atoms with E-state index in [0.29, 0.717) is 30.1 Å². The monoisotopic (exact) mass is 298 g/mol. The molecule has 0 saturated carbocycles. The largest absolute Gasteiger partial charge is 0.506 e. The average molecular weight is 299 g/mol. The Balaban J connectivity index is 1.91. The maximum absolute atomic E-state index is 12.1. The number of urea groups is 1. The molecule has 20 heavy (non-hydrogen) atoms. The number of amides is 2.